The summed E-state index contributed by atoms with van der Waals surface area (Å²) in [5.74, 6) is -0.0223. The Morgan fingerprint density at radius 2 is 2.00 bits per heavy atom. The van der Waals surface area contributed by atoms with Crippen LogP contribution in [0.15, 0.2) is 30.3 Å². The summed E-state index contributed by atoms with van der Waals surface area (Å²) >= 11 is 4.10. The minimum absolute atomic E-state index is 0.145. The van der Waals surface area contributed by atoms with Gasteiger partial charge in [0.15, 0.2) is 0 Å². The first kappa shape index (κ1) is 16.6. The molecule has 0 heterocycles. The molecule has 0 radical (unpaired) electrons. The van der Waals surface area contributed by atoms with Crippen LogP contribution in [0.3, 0.4) is 0 Å². The SMILES string of the molecule is CCOC(=O)[C@H](CCS)NC(=O)CCc1ccccc1. The Morgan fingerprint density at radius 3 is 2.60 bits per heavy atom. The van der Waals surface area contributed by atoms with E-state index in [1.807, 2.05) is 30.3 Å². The van der Waals surface area contributed by atoms with E-state index in [2.05, 4.69) is 17.9 Å². The summed E-state index contributed by atoms with van der Waals surface area (Å²) in [6.45, 7) is 2.05. The van der Waals surface area contributed by atoms with E-state index in [1.165, 1.54) is 0 Å². The number of carbonyl (C=O) groups is 2. The maximum Gasteiger partial charge on any atom is 0.328 e. The van der Waals surface area contributed by atoms with Crippen molar-refractivity contribution < 1.29 is 14.3 Å². The lowest BCUT2D eigenvalue weighted by Crippen LogP contribution is -2.42. The van der Waals surface area contributed by atoms with Gasteiger partial charge in [0, 0.05) is 6.42 Å². The summed E-state index contributed by atoms with van der Waals surface area (Å²) in [5.41, 5.74) is 1.10. The van der Waals surface area contributed by atoms with Crippen LogP contribution in [-0.4, -0.2) is 30.3 Å². The molecule has 0 aliphatic carbocycles. The van der Waals surface area contributed by atoms with E-state index in [9.17, 15) is 9.59 Å². The van der Waals surface area contributed by atoms with Crippen molar-refractivity contribution >= 4 is 24.5 Å². The molecule has 20 heavy (non-hydrogen) atoms. The fourth-order valence-electron chi connectivity index (χ4n) is 1.79. The maximum atomic E-state index is 11.9. The Kier molecular flexibility index (Phi) is 7.80. The van der Waals surface area contributed by atoms with Crippen molar-refractivity contribution in [3.8, 4) is 0 Å². The highest BCUT2D eigenvalue weighted by Crippen LogP contribution is 2.04. The largest absolute Gasteiger partial charge is 0.464 e. The van der Waals surface area contributed by atoms with Gasteiger partial charge in [-0.3, -0.25) is 4.79 Å². The van der Waals surface area contributed by atoms with E-state index < -0.39 is 12.0 Å². The van der Waals surface area contributed by atoms with Crippen molar-refractivity contribution in [1.29, 1.82) is 0 Å². The summed E-state index contributed by atoms with van der Waals surface area (Å²) < 4.78 is 4.93. The maximum absolute atomic E-state index is 11.9. The standard InChI is InChI=1S/C15H21NO3S/c1-2-19-15(18)13(10-11-20)16-14(17)9-8-12-6-4-3-5-7-12/h3-7,13,20H,2,8-11H2,1H3,(H,16,17)/t13-/m0/s1. The van der Waals surface area contributed by atoms with Gasteiger partial charge >= 0.3 is 5.97 Å². The Labute approximate surface area is 125 Å². The number of amides is 1. The molecule has 0 aliphatic rings. The van der Waals surface area contributed by atoms with Gasteiger partial charge in [-0.05, 0) is 31.1 Å². The molecule has 1 aromatic rings. The summed E-state index contributed by atoms with van der Waals surface area (Å²) in [6, 6.07) is 9.17. The van der Waals surface area contributed by atoms with E-state index in [1.54, 1.807) is 6.92 Å². The number of hydrogen-bond acceptors (Lipinski definition) is 4. The van der Waals surface area contributed by atoms with Crippen LogP contribution in [0, 0.1) is 0 Å². The number of benzene rings is 1. The van der Waals surface area contributed by atoms with E-state index >= 15 is 0 Å². The summed E-state index contributed by atoms with van der Waals surface area (Å²) in [6.07, 6.45) is 1.48. The van der Waals surface area contributed by atoms with Crippen molar-refractivity contribution in [2.45, 2.75) is 32.2 Å². The van der Waals surface area contributed by atoms with E-state index in [0.29, 0.717) is 31.6 Å². The van der Waals surface area contributed by atoms with Gasteiger partial charge < -0.3 is 10.1 Å². The van der Waals surface area contributed by atoms with Crippen molar-refractivity contribution in [2.75, 3.05) is 12.4 Å². The van der Waals surface area contributed by atoms with Crippen LogP contribution < -0.4 is 5.32 Å². The first-order chi connectivity index (χ1) is 9.67. The molecule has 110 valence electrons. The number of esters is 1. The highest BCUT2D eigenvalue weighted by atomic mass is 32.1. The lowest BCUT2D eigenvalue weighted by molar-refractivity contribution is -0.147. The Hall–Kier alpha value is -1.49. The molecule has 0 saturated carbocycles. The number of carbonyl (C=O) groups excluding carboxylic acids is 2. The molecule has 1 rings (SSSR count). The third kappa shape index (κ3) is 6.10. The second kappa shape index (κ2) is 9.42. The van der Waals surface area contributed by atoms with Gasteiger partial charge in [-0.25, -0.2) is 4.79 Å². The zero-order valence-electron chi connectivity index (χ0n) is 11.7. The van der Waals surface area contributed by atoms with E-state index in [-0.39, 0.29) is 5.91 Å². The molecule has 0 aromatic heterocycles. The van der Waals surface area contributed by atoms with Gasteiger partial charge in [-0.15, -0.1) is 0 Å². The molecule has 1 amide bonds. The number of aryl methyl sites for hydroxylation is 1. The minimum atomic E-state index is -0.601. The first-order valence-corrected chi connectivity index (χ1v) is 7.41. The second-order valence-corrected chi connectivity index (χ2v) is 4.82. The van der Waals surface area contributed by atoms with Crippen LogP contribution in [0.2, 0.25) is 0 Å². The molecular formula is C15H21NO3S. The number of nitrogens with one attached hydrogen (secondary N) is 1. The number of thiol groups is 1. The van der Waals surface area contributed by atoms with Crippen LogP contribution in [0.1, 0.15) is 25.3 Å². The zero-order valence-corrected chi connectivity index (χ0v) is 12.6. The fourth-order valence-corrected chi connectivity index (χ4v) is 2.05. The van der Waals surface area contributed by atoms with E-state index in [0.717, 1.165) is 5.56 Å². The summed E-state index contributed by atoms with van der Waals surface area (Å²) in [4.78, 5) is 23.5. The predicted octanol–water partition coefficient (Wildman–Crippen LogP) is 1.99. The normalized spacial score (nSPS) is 11.7. The van der Waals surface area contributed by atoms with Crippen LogP contribution in [0.25, 0.3) is 0 Å². The van der Waals surface area contributed by atoms with Crippen LogP contribution >= 0.6 is 12.6 Å². The summed E-state index contributed by atoms with van der Waals surface area (Å²) in [7, 11) is 0. The lowest BCUT2D eigenvalue weighted by Gasteiger charge is -2.16. The second-order valence-electron chi connectivity index (χ2n) is 4.37. The first-order valence-electron chi connectivity index (χ1n) is 6.78. The third-order valence-electron chi connectivity index (χ3n) is 2.81. The molecule has 1 aromatic carbocycles. The van der Waals surface area contributed by atoms with E-state index in [4.69, 9.17) is 4.74 Å². The molecule has 0 saturated heterocycles. The van der Waals surface area contributed by atoms with Gasteiger partial charge in [-0.2, -0.15) is 12.6 Å². The topological polar surface area (TPSA) is 55.4 Å². The number of hydrogen-bond donors (Lipinski definition) is 2. The highest BCUT2D eigenvalue weighted by molar-refractivity contribution is 7.80. The van der Waals surface area contributed by atoms with Gasteiger partial charge in [-0.1, -0.05) is 30.3 Å². The highest BCUT2D eigenvalue weighted by Gasteiger charge is 2.20. The molecule has 0 fully saturated rings. The molecule has 0 bridgehead atoms. The van der Waals surface area contributed by atoms with Crippen molar-refractivity contribution in [3.63, 3.8) is 0 Å². The minimum Gasteiger partial charge on any atom is -0.464 e. The lowest BCUT2D eigenvalue weighted by atomic mass is 10.1. The Morgan fingerprint density at radius 1 is 1.30 bits per heavy atom. The molecule has 0 aliphatic heterocycles. The summed E-state index contributed by atoms with van der Waals surface area (Å²) in [5, 5.41) is 2.71. The third-order valence-corrected chi connectivity index (χ3v) is 3.07. The predicted molar refractivity (Wildman–Crippen MR) is 81.8 cm³/mol. The molecule has 0 unspecified atom stereocenters. The molecular weight excluding hydrogens is 274 g/mol. The van der Waals surface area contributed by atoms with Crippen molar-refractivity contribution in [1.82, 2.24) is 5.32 Å². The average molecular weight is 295 g/mol. The molecule has 4 nitrogen and oxygen atoms in total. The molecule has 5 heteroatoms. The van der Waals surface area contributed by atoms with Gasteiger partial charge in [0.25, 0.3) is 0 Å². The monoisotopic (exact) mass is 295 g/mol. The smallest absolute Gasteiger partial charge is 0.328 e. The fraction of sp³-hybridized carbons (Fsp3) is 0.467. The molecule has 0 spiro atoms. The van der Waals surface area contributed by atoms with Crippen molar-refractivity contribution in [3.05, 3.63) is 35.9 Å². The van der Waals surface area contributed by atoms with Gasteiger partial charge in [0.1, 0.15) is 6.04 Å². The van der Waals surface area contributed by atoms with Crippen LogP contribution in [0.4, 0.5) is 0 Å². The molecule has 1 atom stereocenters. The Balaban J connectivity index is 2.43. The van der Waals surface area contributed by atoms with Gasteiger partial charge in [0.2, 0.25) is 5.91 Å². The van der Waals surface area contributed by atoms with Crippen molar-refractivity contribution in [2.24, 2.45) is 0 Å². The Bertz CT molecular complexity index is 422. The number of ether oxygens (including phenoxy) is 1. The van der Waals surface area contributed by atoms with Gasteiger partial charge in [0.05, 0.1) is 6.61 Å². The average Bonchev–Trinajstić information content (AvgIpc) is 2.46. The number of rotatable bonds is 8. The quantitative estimate of drug-likeness (QED) is 0.569. The van der Waals surface area contributed by atoms with Crippen LogP contribution in [0.5, 0.6) is 0 Å². The van der Waals surface area contributed by atoms with Crippen LogP contribution in [-0.2, 0) is 20.7 Å². The molecule has 1 N–H and O–H groups in total. The zero-order chi connectivity index (χ0) is 14.8.